The van der Waals surface area contributed by atoms with Gasteiger partial charge >= 0.3 is 5.97 Å². The largest absolute Gasteiger partial charge is 0.461 e. The molecule has 6 heteroatoms. The Labute approximate surface area is 170 Å². The van der Waals surface area contributed by atoms with Crippen molar-refractivity contribution >= 4 is 15.8 Å². The number of ether oxygens (including phenoxy) is 1. The minimum atomic E-state index is -3.40. The van der Waals surface area contributed by atoms with Crippen molar-refractivity contribution in [2.75, 3.05) is 20.6 Å². The monoisotopic (exact) mass is 409 g/mol. The van der Waals surface area contributed by atoms with Crippen molar-refractivity contribution in [1.29, 1.82) is 0 Å². The molecule has 1 saturated carbocycles. The van der Waals surface area contributed by atoms with E-state index in [0.717, 1.165) is 18.4 Å². The summed E-state index contributed by atoms with van der Waals surface area (Å²) < 4.78 is 31.8. The van der Waals surface area contributed by atoms with Crippen molar-refractivity contribution in [3.8, 4) is 0 Å². The molecule has 0 radical (unpaired) electrons. The van der Waals surface area contributed by atoms with Crippen LogP contribution in [0, 0.1) is 0 Å². The lowest BCUT2D eigenvalue weighted by Crippen LogP contribution is -2.41. The molecule has 5 nitrogen and oxygen atoms in total. The number of rotatable bonds is 7. The summed E-state index contributed by atoms with van der Waals surface area (Å²) >= 11 is 0. The van der Waals surface area contributed by atoms with Gasteiger partial charge in [0.25, 0.3) is 0 Å². The smallest absolute Gasteiger partial charge is 0.307 e. The molecule has 1 aromatic rings. The van der Waals surface area contributed by atoms with Crippen LogP contribution in [0.4, 0.5) is 0 Å². The molecule has 0 aliphatic heterocycles. The number of nitrogens with zero attached hydrogens (tertiary/aromatic N) is 1. The van der Waals surface area contributed by atoms with E-state index >= 15 is 0 Å². The Morgan fingerprint density at radius 2 is 1.71 bits per heavy atom. The van der Waals surface area contributed by atoms with E-state index in [-0.39, 0.29) is 23.6 Å². The molecule has 0 amide bonds. The third kappa shape index (κ3) is 6.59. The van der Waals surface area contributed by atoms with Gasteiger partial charge in [-0.05, 0) is 49.9 Å². The van der Waals surface area contributed by atoms with E-state index in [1.807, 2.05) is 43.3 Å². The highest BCUT2D eigenvalue weighted by Gasteiger charge is 2.37. The van der Waals surface area contributed by atoms with Crippen molar-refractivity contribution in [2.24, 2.45) is 0 Å². The number of hydrogen-bond acceptors (Lipinski definition) is 5. The lowest BCUT2D eigenvalue weighted by molar-refractivity contribution is -0.150. The molecule has 2 unspecified atom stereocenters. The van der Waals surface area contributed by atoms with Gasteiger partial charge in [0, 0.05) is 6.54 Å². The first-order chi connectivity index (χ1) is 13.0. The van der Waals surface area contributed by atoms with E-state index in [1.54, 1.807) is 0 Å². The summed E-state index contributed by atoms with van der Waals surface area (Å²) in [5.41, 5.74) is 2.00. The number of benzene rings is 1. The molecule has 28 heavy (non-hydrogen) atoms. The maximum atomic E-state index is 13.1. The fourth-order valence-corrected chi connectivity index (χ4v) is 5.64. The summed E-state index contributed by atoms with van der Waals surface area (Å²) in [6.45, 7) is 7.01. The van der Waals surface area contributed by atoms with Gasteiger partial charge in [0.1, 0.15) is 6.10 Å². The van der Waals surface area contributed by atoms with Crippen LogP contribution in [0.2, 0.25) is 0 Å². The lowest BCUT2D eigenvalue weighted by atomic mass is 9.87. The van der Waals surface area contributed by atoms with E-state index in [4.69, 9.17) is 4.74 Å². The van der Waals surface area contributed by atoms with Gasteiger partial charge in [-0.2, -0.15) is 0 Å². The van der Waals surface area contributed by atoms with Crippen LogP contribution in [-0.4, -0.2) is 51.3 Å². The maximum Gasteiger partial charge on any atom is 0.307 e. The van der Waals surface area contributed by atoms with Gasteiger partial charge < -0.3 is 9.64 Å². The topological polar surface area (TPSA) is 63.7 Å². The Kier molecular flexibility index (Phi) is 7.68. The molecule has 1 aliphatic carbocycles. The first kappa shape index (κ1) is 22.9. The molecule has 1 aromatic carbocycles. The summed E-state index contributed by atoms with van der Waals surface area (Å²) in [6.07, 6.45) is 2.71. The second kappa shape index (κ2) is 9.40. The second-order valence-corrected chi connectivity index (χ2v) is 11.4. The summed E-state index contributed by atoms with van der Waals surface area (Å²) in [7, 11) is 0.391. The second-order valence-electron chi connectivity index (χ2n) is 9.16. The number of carbonyl (C=O) groups excluding carboxylic acids is 1. The van der Waals surface area contributed by atoms with Crippen LogP contribution in [0.5, 0.6) is 0 Å². The highest BCUT2D eigenvalue weighted by atomic mass is 32.2. The minimum absolute atomic E-state index is 0.00611. The quantitative estimate of drug-likeness (QED) is 0.643. The van der Waals surface area contributed by atoms with Crippen molar-refractivity contribution in [3.05, 3.63) is 35.4 Å². The van der Waals surface area contributed by atoms with Crippen LogP contribution < -0.4 is 0 Å². The zero-order valence-electron chi connectivity index (χ0n) is 17.9. The number of sulfone groups is 1. The molecular formula is C22H35NO4S. The molecular weight excluding hydrogens is 374 g/mol. The van der Waals surface area contributed by atoms with Crippen molar-refractivity contribution < 1.29 is 17.9 Å². The Balaban J connectivity index is 2.07. The van der Waals surface area contributed by atoms with Gasteiger partial charge in [-0.1, -0.05) is 51.5 Å². The molecule has 2 atom stereocenters. The van der Waals surface area contributed by atoms with Gasteiger partial charge in [0.15, 0.2) is 9.84 Å². The van der Waals surface area contributed by atoms with Crippen LogP contribution in [-0.2, 0) is 30.5 Å². The van der Waals surface area contributed by atoms with Gasteiger partial charge in [0.05, 0.1) is 17.4 Å². The fraction of sp³-hybridized carbons (Fsp3) is 0.682. The SMILES string of the molecule is CN(C)CCC(=O)OC1CCCCC1S(=O)(=O)Cc1ccc(C(C)(C)C)cc1. The summed E-state index contributed by atoms with van der Waals surface area (Å²) in [6, 6.07) is 7.81. The van der Waals surface area contributed by atoms with Gasteiger partial charge in [0.2, 0.25) is 0 Å². The molecule has 158 valence electrons. The lowest BCUT2D eigenvalue weighted by Gasteiger charge is -2.31. The molecule has 0 bridgehead atoms. The normalized spacial score (nSPS) is 20.9. The predicted molar refractivity (Wildman–Crippen MR) is 113 cm³/mol. The molecule has 0 saturated heterocycles. The number of carbonyl (C=O) groups is 1. The van der Waals surface area contributed by atoms with E-state index < -0.39 is 21.2 Å². The molecule has 1 fully saturated rings. The average molecular weight is 410 g/mol. The van der Waals surface area contributed by atoms with Crippen LogP contribution in [0.1, 0.15) is 64.0 Å². The third-order valence-electron chi connectivity index (χ3n) is 5.34. The Morgan fingerprint density at radius 3 is 2.29 bits per heavy atom. The highest BCUT2D eigenvalue weighted by molar-refractivity contribution is 7.91. The van der Waals surface area contributed by atoms with Gasteiger partial charge in [-0.3, -0.25) is 4.79 Å². The van der Waals surface area contributed by atoms with Gasteiger partial charge in [-0.15, -0.1) is 0 Å². The van der Waals surface area contributed by atoms with Gasteiger partial charge in [-0.25, -0.2) is 8.42 Å². The summed E-state index contributed by atoms with van der Waals surface area (Å²) in [5, 5.41) is -0.605. The first-order valence-electron chi connectivity index (χ1n) is 10.1. The van der Waals surface area contributed by atoms with Crippen LogP contribution in [0.3, 0.4) is 0 Å². The first-order valence-corrected chi connectivity index (χ1v) is 11.9. The number of esters is 1. The summed E-state index contributed by atoms with van der Waals surface area (Å²) in [4.78, 5) is 14.0. The average Bonchev–Trinajstić information content (AvgIpc) is 2.59. The Morgan fingerprint density at radius 1 is 1.11 bits per heavy atom. The molecule has 1 aliphatic rings. The third-order valence-corrected chi connectivity index (χ3v) is 7.53. The van der Waals surface area contributed by atoms with E-state index in [2.05, 4.69) is 20.8 Å². The number of hydrogen-bond donors (Lipinski definition) is 0. The molecule has 0 spiro atoms. The van der Waals surface area contributed by atoms with Crippen molar-refractivity contribution in [2.45, 2.75) is 75.4 Å². The maximum absolute atomic E-state index is 13.1. The molecule has 0 aromatic heterocycles. The van der Waals surface area contributed by atoms with Crippen LogP contribution >= 0.6 is 0 Å². The Bertz CT molecular complexity index is 748. The molecule has 2 rings (SSSR count). The van der Waals surface area contributed by atoms with E-state index in [1.165, 1.54) is 5.56 Å². The molecule has 0 heterocycles. The van der Waals surface area contributed by atoms with Crippen molar-refractivity contribution in [1.82, 2.24) is 4.90 Å². The van der Waals surface area contributed by atoms with Crippen LogP contribution in [0.15, 0.2) is 24.3 Å². The zero-order valence-corrected chi connectivity index (χ0v) is 18.7. The highest BCUT2D eigenvalue weighted by Crippen LogP contribution is 2.30. The van der Waals surface area contributed by atoms with E-state index in [0.29, 0.717) is 19.4 Å². The standard InChI is InChI=1S/C22H35NO4S/c1-22(2,3)18-12-10-17(11-13-18)16-28(25,26)20-9-7-6-8-19(20)27-21(24)14-15-23(4)5/h10-13,19-20H,6-9,14-16H2,1-5H3. The zero-order chi connectivity index (χ0) is 20.9. The van der Waals surface area contributed by atoms with E-state index in [9.17, 15) is 13.2 Å². The fourth-order valence-electron chi connectivity index (χ4n) is 3.59. The molecule has 0 N–H and O–H groups in total. The summed E-state index contributed by atoms with van der Waals surface area (Å²) in [5.74, 6) is -0.316. The van der Waals surface area contributed by atoms with Crippen molar-refractivity contribution in [3.63, 3.8) is 0 Å². The Hall–Kier alpha value is -1.40. The minimum Gasteiger partial charge on any atom is -0.461 e. The predicted octanol–water partition coefficient (Wildman–Crippen LogP) is 3.71. The van der Waals surface area contributed by atoms with Crippen LogP contribution in [0.25, 0.3) is 0 Å².